The highest BCUT2D eigenvalue weighted by molar-refractivity contribution is 5.82. The van der Waals surface area contributed by atoms with Crippen molar-refractivity contribution in [1.29, 1.82) is 0 Å². The summed E-state index contributed by atoms with van der Waals surface area (Å²) in [5.74, 6) is -1.42. The molecule has 0 radical (unpaired) electrons. The molecule has 0 saturated carbocycles. The molecule has 9 heteroatoms. The Morgan fingerprint density at radius 1 is 1.03 bits per heavy atom. The molecule has 2 rings (SSSR count). The van der Waals surface area contributed by atoms with E-state index in [4.69, 9.17) is 19.3 Å². The summed E-state index contributed by atoms with van der Waals surface area (Å²) in [7, 11) is 0. The Bertz CT molecular complexity index is 692. The molecular weight excluding hydrogens is 456 g/mol. The van der Waals surface area contributed by atoms with E-state index in [0.717, 1.165) is 32.1 Å². The van der Waals surface area contributed by atoms with Crippen LogP contribution in [0.5, 0.6) is 0 Å². The summed E-state index contributed by atoms with van der Waals surface area (Å²) in [6.07, 6.45) is 4.61. The fraction of sp³-hybridized carbons (Fsp3) is 0.846. The van der Waals surface area contributed by atoms with E-state index in [9.17, 15) is 24.9 Å². The topological polar surface area (TPSA) is 146 Å². The third-order valence-electron chi connectivity index (χ3n) is 7.09. The van der Waals surface area contributed by atoms with E-state index in [1.807, 2.05) is 6.92 Å². The van der Waals surface area contributed by atoms with E-state index >= 15 is 0 Å². The highest BCUT2D eigenvalue weighted by atomic mass is 16.6. The molecule has 0 bridgehead atoms. The molecule has 2 fully saturated rings. The van der Waals surface area contributed by atoms with Gasteiger partial charge in [-0.15, -0.1) is 0 Å². The maximum absolute atomic E-state index is 12.1. The van der Waals surface area contributed by atoms with E-state index in [-0.39, 0.29) is 30.5 Å². The van der Waals surface area contributed by atoms with E-state index in [1.165, 1.54) is 6.08 Å². The summed E-state index contributed by atoms with van der Waals surface area (Å²) < 4.78 is 16.7. The van der Waals surface area contributed by atoms with Crippen LogP contribution in [0.2, 0.25) is 0 Å². The Balaban J connectivity index is 1.62. The van der Waals surface area contributed by atoms with Crippen molar-refractivity contribution in [3.8, 4) is 0 Å². The van der Waals surface area contributed by atoms with E-state index in [2.05, 4.69) is 0 Å². The molecule has 9 nitrogen and oxygen atoms in total. The predicted octanol–water partition coefficient (Wildman–Crippen LogP) is 2.59. The number of epoxide rings is 1. The maximum atomic E-state index is 12.1. The molecule has 2 saturated heterocycles. The lowest BCUT2D eigenvalue weighted by atomic mass is 9.85. The number of aliphatic carboxylic acids is 1. The Morgan fingerprint density at radius 3 is 2.34 bits per heavy atom. The SMILES string of the molecule is C/C(=C\C(=O)OCCCCCCCCC(=O)O)C[C@@H]1OC[C@H](C[C@@H]2O[C@@H]2[C@@H](C)[C@@H](C)O)[C@@H](O)[C@H]1O. The average Bonchev–Trinajstić information content (AvgIpc) is 3.55. The number of aliphatic hydroxyl groups is 3. The van der Waals surface area contributed by atoms with Crippen LogP contribution in [-0.2, 0) is 23.8 Å². The number of carbonyl (C=O) groups is 2. The summed E-state index contributed by atoms with van der Waals surface area (Å²) in [6, 6.07) is 0. The van der Waals surface area contributed by atoms with Gasteiger partial charge in [-0.2, -0.15) is 0 Å². The second-order valence-electron chi connectivity index (χ2n) is 10.2. The van der Waals surface area contributed by atoms with Gasteiger partial charge in [0, 0.05) is 24.3 Å². The van der Waals surface area contributed by atoms with Gasteiger partial charge in [0.2, 0.25) is 0 Å². The summed E-state index contributed by atoms with van der Waals surface area (Å²) in [4.78, 5) is 22.5. The molecule has 0 amide bonds. The van der Waals surface area contributed by atoms with Crippen LogP contribution in [-0.4, -0.2) is 82.2 Å². The predicted molar refractivity (Wildman–Crippen MR) is 129 cm³/mol. The van der Waals surface area contributed by atoms with Gasteiger partial charge < -0.3 is 34.6 Å². The monoisotopic (exact) mass is 500 g/mol. The average molecular weight is 501 g/mol. The molecule has 0 aromatic carbocycles. The van der Waals surface area contributed by atoms with Crippen molar-refractivity contribution in [3.63, 3.8) is 0 Å². The van der Waals surface area contributed by atoms with Crippen molar-refractivity contribution in [2.45, 2.75) is 115 Å². The van der Waals surface area contributed by atoms with Crippen molar-refractivity contribution >= 4 is 11.9 Å². The normalized spacial score (nSPS) is 30.5. The molecule has 0 unspecified atom stereocenters. The first-order chi connectivity index (χ1) is 16.6. The molecule has 35 heavy (non-hydrogen) atoms. The summed E-state index contributed by atoms with van der Waals surface area (Å²) in [5, 5.41) is 39.5. The number of carbonyl (C=O) groups excluding carboxylic acids is 1. The van der Waals surface area contributed by atoms with Gasteiger partial charge in [-0.1, -0.05) is 38.2 Å². The molecule has 2 aliphatic rings. The molecule has 2 heterocycles. The number of esters is 1. The third-order valence-corrected chi connectivity index (χ3v) is 7.09. The highest BCUT2D eigenvalue weighted by Crippen LogP contribution is 2.38. The van der Waals surface area contributed by atoms with Crippen molar-refractivity contribution in [2.75, 3.05) is 13.2 Å². The van der Waals surface area contributed by atoms with Crippen LogP contribution < -0.4 is 0 Å². The molecule has 2 aliphatic heterocycles. The second kappa shape index (κ2) is 14.9. The van der Waals surface area contributed by atoms with Gasteiger partial charge in [0.05, 0.1) is 43.7 Å². The standard InChI is InChI=1S/C26H44O9/c1-16(13-23(30)33-11-9-7-5-4-6-8-10-22(28)29)12-20-25(32)24(31)19(15-34-20)14-21-26(35-21)17(2)18(3)27/h13,17-21,24-27,31-32H,4-12,14-15H2,1-3H3,(H,28,29)/b16-13+/t17-,18+,19-,20-,21-,24+,25-,26+/m0/s1. The van der Waals surface area contributed by atoms with E-state index in [1.54, 1.807) is 13.8 Å². The molecule has 4 N–H and O–H groups in total. The van der Waals surface area contributed by atoms with Gasteiger partial charge in [0.25, 0.3) is 0 Å². The lowest BCUT2D eigenvalue weighted by Gasteiger charge is -2.38. The minimum Gasteiger partial charge on any atom is -0.481 e. The van der Waals surface area contributed by atoms with Crippen molar-refractivity contribution in [3.05, 3.63) is 11.6 Å². The van der Waals surface area contributed by atoms with Gasteiger partial charge in [0.15, 0.2) is 0 Å². The van der Waals surface area contributed by atoms with Crippen molar-refractivity contribution in [1.82, 2.24) is 0 Å². The van der Waals surface area contributed by atoms with Gasteiger partial charge in [-0.3, -0.25) is 4.79 Å². The summed E-state index contributed by atoms with van der Waals surface area (Å²) in [6.45, 7) is 6.07. The second-order valence-corrected chi connectivity index (χ2v) is 10.2. The number of hydrogen-bond donors (Lipinski definition) is 4. The molecule has 0 spiro atoms. The minimum absolute atomic E-state index is 0.0160. The van der Waals surface area contributed by atoms with Gasteiger partial charge >= 0.3 is 11.9 Å². The molecule has 0 aliphatic carbocycles. The first kappa shape index (κ1) is 29.7. The fourth-order valence-electron chi connectivity index (χ4n) is 4.59. The number of aliphatic hydroxyl groups excluding tert-OH is 3. The number of hydrogen-bond acceptors (Lipinski definition) is 8. The Labute approximate surface area is 208 Å². The number of ether oxygens (including phenoxy) is 3. The molecule has 0 aromatic rings. The van der Waals surface area contributed by atoms with Crippen LogP contribution in [0.3, 0.4) is 0 Å². The Hall–Kier alpha value is -1.52. The zero-order valence-corrected chi connectivity index (χ0v) is 21.3. The lowest BCUT2D eigenvalue weighted by molar-refractivity contribution is -0.165. The van der Waals surface area contributed by atoms with Crippen LogP contribution in [0.4, 0.5) is 0 Å². The van der Waals surface area contributed by atoms with Crippen LogP contribution in [0.25, 0.3) is 0 Å². The van der Waals surface area contributed by atoms with Gasteiger partial charge in [0.1, 0.15) is 6.10 Å². The first-order valence-corrected chi connectivity index (χ1v) is 13.0. The summed E-state index contributed by atoms with van der Waals surface area (Å²) in [5.41, 5.74) is 0.708. The van der Waals surface area contributed by atoms with Crippen LogP contribution in [0.1, 0.15) is 78.6 Å². The quantitative estimate of drug-likeness (QED) is 0.109. The van der Waals surface area contributed by atoms with Gasteiger partial charge in [-0.25, -0.2) is 4.79 Å². The smallest absolute Gasteiger partial charge is 0.330 e. The third kappa shape index (κ3) is 10.6. The van der Waals surface area contributed by atoms with Crippen molar-refractivity contribution in [2.24, 2.45) is 11.8 Å². The molecule has 202 valence electrons. The zero-order valence-electron chi connectivity index (χ0n) is 21.3. The fourth-order valence-corrected chi connectivity index (χ4v) is 4.59. The van der Waals surface area contributed by atoms with E-state index < -0.39 is 36.4 Å². The number of carboxylic acid groups (broad SMARTS) is 1. The van der Waals surface area contributed by atoms with Gasteiger partial charge in [-0.05, 0) is 39.5 Å². The van der Waals surface area contributed by atoms with Crippen LogP contribution in [0, 0.1) is 11.8 Å². The van der Waals surface area contributed by atoms with Crippen molar-refractivity contribution < 1.29 is 44.2 Å². The molecular formula is C26H44O9. The zero-order chi connectivity index (χ0) is 26.0. The molecule has 0 aromatic heterocycles. The largest absolute Gasteiger partial charge is 0.481 e. The first-order valence-electron chi connectivity index (χ1n) is 13.0. The number of carboxylic acids is 1. The maximum Gasteiger partial charge on any atom is 0.330 e. The van der Waals surface area contributed by atoms with Crippen LogP contribution in [0.15, 0.2) is 11.6 Å². The van der Waals surface area contributed by atoms with Crippen LogP contribution >= 0.6 is 0 Å². The molecule has 8 atom stereocenters. The minimum atomic E-state index is -1.06. The van der Waals surface area contributed by atoms with E-state index in [0.29, 0.717) is 38.0 Å². The number of rotatable bonds is 16. The Morgan fingerprint density at radius 2 is 1.69 bits per heavy atom. The Kier molecular flexibility index (Phi) is 12.6. The lowest BCUT2D eigenvalue weighted by Crippen LogP contribution is -2.50. The highest BCUT2D eigenvalue weighted by Gasteiger charge is 2.48. The number of unbranched alkanes of at least 4 members (excludes halogenated alkanes) is 5. The summed E-state index contributed by atoms with van der Waals surface area (Å²) >= 11 is 0.